The van der Waals surface area contributed by atoms with E-state index in [1.54, 1.807) is 0 Å². The van der Waals surface area contributed by atoms with Crippen molar-refractivity contribution in [3.8, 4) is 0 Å². The van der Waals surface area contributed by atoms with Crippen LogP contribution in [0.15, 0.2) is 0 Å². The van der Waals surface area contributed by atoms with Crippen LogP contribution >= 0.6 is 0 Å². The fourth-order valence-corrected chi connectivity index (χ4v) is 2.24. The molecule has 166 valence electrons. The summed E-state index contributed by atoms with van der Waals surface area (Å²) >= 11 is 0. The van der Waals surface area contributed by atoms with E-state index in [9.17, 15) is 24.0 Å². The van der Waals surface area contributed by atoms with Gasteiger partial charge in [0.05, 0.1) is 6.04 Å². The van der Waals surface area contributed by atoms with E-state index < -0.39 is 53.8 Å². The molecular weight excluding hydrogens is 386 g/mol. The van der Waals surface area contributed by atoms with E-state index in [1.807, 2.05) is 0 Å². The smallest absolute Gasteiger partial charge is 0.326 e. The highest BCUT2D eigenvalue weighted by atomic mass is 16.4. The van der Waals surface area contributed by atoms with Crippen LogP contribution in [0, 0.1) is 0 Å². The highest BCUT2D eigenvalue weighted by Crippen LogP contribution is 2.04. The Hall–Kier alpha value is -2.73. The van der Waals surface area contributed by atoms with Crippen molar-refractivity contribution in [3.05, 3.63) is 0 Å². The van der Waals surface area contributed by atoms with E-state index in [1.165, 1.54) is 13.8 Å². The van der Waals surface area contributed by atoms with Gasteiger partial charge in [-0.15, -0.1) is 0 Å². The fourth-order valence-electron chi connectivity index (χ4n) is 2.24. The van der Waals surface area contributed by atoms with Crippen molar-refractivity contribution in [2.45, 2.75) is 70.1 Å². The lowest BCUT2D eigenvalue weighted by molar-refractivity contribution is -0.142. The second kappa shape index (κ2) is 13.4. The predicted octanol–water partition coefficient (Wildman–Crippen LogP) is -2.11. The molecule has 12 nitrogen and oxygen atoms in total. The number of unbranched alkanes of at least 4 members (excludes halogenated alkanes) is 1. The zero-order valence-corrected chi connectivity index (χ0v) is 16.6. The molecule has 0 aliphatic heterocycles. The van der Waals surface area contributed by atoms with Crippen LogP contribution in [0.2, 0.25) is 0 Å². The Balaban J connectivity index is 4.88. The van der Waals surface area contributed by atoms with Gasteiger partial charge in [0.15, 0.2) is 0 Å². The Labute approximate surface area is 168 Å². The van der Waals surface area contributed by atoms with Crippen LogP contribution in [-0.4, -0.2) is 70.6 Å². The summed E-state index contributed by atoms with van der Waals surface area (Å²) < 4.78 is 0. The molecule has 0 rings (SSSR count). The summed E-state index contributed by atoms with van der Waals surface area (Å²) in [6.45, 7) is 3.08. The second-order valence-corrected chi connectivity index (χ2v) is 6.70. The molecule has 0 fully saturated rings. The third-order valence-corrected chi connectivity index (χ3v) is 4.02. The Bertz CT molecular complexity index is 597. The van der Waals surface area contributed by atoms with Crippen molar-refractivity contribution in [2.24, 2.45) is 11.5 Å². The molecule has 0 radical (unpaired) electrons. The first kappa shape index (κ1) is 26.3. The minimum Gasteiger partial charge on any atom is -0.480 e. The fraction of sp³-hybridized carbons (Fsp3) is 0.706. The number of hydrogen-bond donors (Lipinski definition) is 7. The summed E-state index contributed by atoms with van der Waals surface area (Å²) in [5, 5.41) is 25.0. The monoisotopic (exact) mass is 417 g/mol. The number of carbonyl (C=O) groups excluding carboxylic acids is 3. The molecule has 0 bridgehead atoms. The molecule has 0 aromatic heterocycles. The lowest BCUT2D eigenvalue weighted by Gasteiger charge is -2.21. The van der Waals surface area contributed by atoms with Crippen LogP contribution in [0.3, 0.4) is 0 Å². The summed E-state index contributed by atoms with van der Waals surface area (Å²) in [6.07, 6.45) is 0.898. The minimum absolute atomic E-state index is 0.206. The van der Waals surface area contributed by atoms with Crippen LogP contribution in [0.4, 0.5) is 0 Å². The van der Waals surface area contributed by atoms with Gasteiger partial charge in [0, 0.05) is 6.42 Å². The van der Waals surface area contributed by atoms with Crippen molar-refractivity contribution in [2.75, 3.05) is 6.54 Å². The van der Waals surface area contributed by atoms with Gasteiger partial charge in [-0.25, -0.2) is 4.79 Å². The largest absolute Gasteiger partial charge is 0.480 e. The van der Waals surface area contributed by atoms with E-state index in [2.05, 4.69) is 16.0 Å². The maximum absolute atomic E-state index is 12.3. The molecule has 3 amide bonds. The van der Waals surface area contributed by atoms with Gasteiger partial charge in [-0.1, -0.05) is 0 Å². The third kappa shape index (κ3) is 11.0. The zero-order chi connectivity index (χ0) is 22.6. The van der Waals surface area contributed by atoms with Gasteiger partial charge in [-0.05, 0) is 46.1 Å². The first-order valence-electron chi connectivity index (χ1n) is 9.30. The maximum Gasteiger partial charge on any atom is 0.326 e. The van der Waals surface area contributed by atoms with E-state index in [4.69, 9.17) is 21.7 Å². The van der Waals surface area contributed by atoms with Gasteiger partial charge in [-0.2, -0.15) is 0 Å². The quantitative estimate of drug-likeness (QED) is 0.154. The SMILES string of the molecule is C[C@H](N)C(=O)N[C@H](CCC(=O)N[C@@H](CCCCN)C(=O)N[C@H](C)C(=O)O)C(=O)O. The molecule has 0 unspecified atom stereocenters. The number of nitrogens with two attached hydrogens (primary N) is 2. The average Bonchev–Trinajstić information content (AvgIpc) is 2.63. The van der Waals surface area contributed by atoms with Crippen LogP contribution < -0.4 is 27.4 Å². The Kier molecular flexibility index (Phi) is 12.2. The summed E-state index contributed by atoms with van der Waals surface area (Å²) in [6, 6.07) is -4.34. The van der Waals surface area contributed by atoms with Gasteiger partial charge < -0.3 is 37.6 Å². The van der Waals surface area contributed by atoms with Gasteiger partial charge in [0.25, 0.3) is 0 Å². The van der Waals surface area contributed by atoms with Crippen LogP contribution in [-0.2, 0) is 24.0 Å². The van der Waals surface area contributed by atoms with Crippen molar-refractivity contribution in [1.29, 1.82) is 0 Å². The lowest BCUT2D eigenvalue weighted by Crippen LogP contribution is -2.51. The Morgan fingerprint density at radius 3 is 1.93 bits per heavy atom. The van der Waals surface area contributed by atoms with Crippen molar-refractivity contribution >= 4 is 29.7 Å². The Morgan fingerprint density at radius 1 is 0.828 bits per heavy atom. The number of carboxylic acids is 2. The molecule has 0 saturated heterocycles. The van der Waals surface area contributed by atoms with E-state index in [-0.39, 0.29) is 19.3 Å². The number of aliphatic carboxylic acids is 2. The molecule has 29 heavy (non-hydrogen) atoms. The first-order chi connectivity index (χ1) is 13.5. The molecule has 0 aromatic carbocycles. The first-order valence-corrected chi connectivity index (χ1v) is 9.30. The third-order valence-electron chi connectivity index (χ3n) is 4.02. The zero-order valence-electron chi connectivity index (χ0n) is 16.6. The molecule has 0 spiro atoms. The van der Waals surface area contributed by atoms with Gasteiger partial charge in [0.2, 0.25) is 17.7 Å². The maximum atomic E-state index is 12.3. The highest BCUT2D eigenvalue weighted by Gasteiger charge is 2.26. The van der Waals surface area contributed by atoms with Gasteiger partial charge in [-0.3, -0.25) is 19.2 Å². The molecular formula is C17H31N5O7. The summed E-state index contributed by atoms with van der Waals surface area (Å²) in [5.74, 6) is -4.48. The summed E-state index contributed by atoms with van der Waals surface area (Å²) in [7, 11) is 0. The van der Waals surface area contributed by atoms with Crippen LogP contribution in [0.5, 0.6) is 0 Å². The number of carbonyl (C=O) groups is 5. The van der Waals surface area contributed by atoms with E-state index in [0.29, 0.717) is 19.4 Å². The molecule has 0 saturated carbocycles. The normalized spacial score (nSPS) is 14.8. The number of hydrogen-bond acceptors (Lipinski definition) is 7. The van der Waals surface area contributed by atoms with E-state index in [0.717, 1.165) is 0 Å². The molecule has 12 heteroatoms. The predicted molar refractivity (Wildman–Crippen MR) is 103 cm³/mol. The molecule has 4 atom stereocenters. The van der Waals surface area contributed by atoms with E-state index >= 15 is 0 Å². The van der Waals surface area contributed by atoms with Crippen molar-refractivity contribution < 1.29 is 34.2 Å². The number of rotatable bonds is 14. The van der Waals surface area contributed by atoms with Crippen LogP contribution in [0.1, 0.15) is 46.0 Å². The summed E-state index contributed by atoms with van der Waals surface area (Å²) in [5.41, 5.74) is 10.8. The molecule has 9 N–H and O–H groups in total. The van der Waals surface area contributed by atoms with Crippen molar-refractivity contribution in [1.82, 2.24) is 16.0 Å². The van der Waals surface area contributed by atoms with Gasteiger partial charge in [0.1, 0.15) is 18.1 Å². The second-order valence-electron chi connectivity index (χ2n) is 6.70. The molecule has 0 aromatic rings. The lowest BCUT2D eigenvalue weighted by atomic mass is 10.1. The highest BCUT2D eigenvalue weighted by molar-refractivity contribution is 5.90. The number of carboxylic acid groups (broad SMARTS) is 2. The topological polar surface area (TPSA) is 214 Å². The molecule has 0 aliphatic rings. The minimum atomic E-state index is -1.32. The summed E-state index contributed by atoms with van der Waals surface area (Å²) in [4.78, 5) is 58.2. The average molecular weight is 417 g/mol. The Morgan fingerprint density at radius 2 is 1.45 bits per heavy atom. The van der Waals surface area contributed by atoms with Crippen LogP contribution in [0.25, 0.3) is 0 Å². The number of nitrogens with one attached hydrogen (secondary N) is 3. The standard InChI is InChI=1S/C17H31N5O7/c1-9(19)14(24)22-12(17(28)29)6-7-13(23)21-11(5-3-4-8-18)15(25)20-10(2)16(26)27/h9-12H,3-8,18-19H2,1-2H3,(H,20,25)(H,21,23)(H,22,24)(H,26,27)(H,28,29)/t9-,10+,11-,12+/m0/s1. The van der Waals surface area contributed by atoms with Crippen molar-refractivity contribution in [3.63, 3.8) is 0 Å². The molecule has 0 heterocycles. The van der Waals surface area contributed by atoms with Gasteiger partial charge >= 0.3 is 11.9 Å². The molecule has 0 aliphatic carbocycles. The number of amides is 3.